The Morgan fingerprint density at radius 2 is 1.96 bits per heavy atom. The first-order chi connectivity index (χ1) is 13.4. The van der Waals surface area contributed by atoms with Crippen LogP contribution in [0.2, 0.25) is 5.02 Å². The van der Waals surface area contributed by atoms with Crippen molar-refractivity contribution in [2.24, 2.45) is 5.92 Å². The van der Waals surface area contributed by atoms with Gasteiger partial charge < -0.3 is 19.3 Å². The molecule has 1 aliphatic heterocycles. The molecular weight excluding hydrogens is 384 g/mol. The summed E-state index contributed by atoms with van der Waals surface area (Å²) < 4.78 is 10.7. The fourth-order valence-corrected chi connectivity index (χ4v) is 3.06. The normalized spacial score (nSPS) is 16.4. The summed E-state index contributed by atoms with van der Waals surface area (Å²) in [6, 6.07) is 6.96. The highest BCUT2D eigenvalue weighted by Crippen LogP contribution is 2.19. The molecule has 0 bridgehead atoms. The number of likely N-dealkylation sites (N-methyl/N-ethyl adjacent to an activating group) is 1. The smallest absolute Gasteiger partial charge is 0.311 e. The third-order valence-electron chi connectivity index (χ3n) is 4.68. The van der Waals surface area contributed by atoms with Gasteiger partial charge in [0.25, 0.3) is 5.91 Å². The third-order valence-corrected chi connectivity index (χ3v) is 4.93. The fourth-order valence-electron chi connectivity index (χ4n) is 2.94. The molecule has 1 aromatic rings. The van der Waals surface area contributed by atoms with Crippen LogP contribution in [0.1, 0.15) is 26.2 Å². The first kappa shape index (κ1) is 22.0. The number of hydrogen-bond acceptors (Lipinski definition) is 5. The number of carbonyl (C=O) groups excluding carboxylic acids is 3. The van der Waals surface area contributed by atoms with Crippen LogP contribution in [0, 0.1) is 5.92 Å². The van der Waals surface area contributed by atoms with Gasteiger partial charge in [0, 0.05) is 31.6 Å². The van der Waals surface area contributed by atoms with Crippen LogP contribution < -0.4 is 4.74 Å². The maximum absolute atomic E-state index is 12.2. The Kier molecular flexibility index (Phi) is 8.57. The number of halogens is 1. The Hall–Kier alpha value is -2.28. The molecule has 8 heteroatoms. The van der Waals surface area contributed by atoms with Crippen molar-refractivity contribution >= 4 is 29.4 Å². The number of amides is 2. The van der Waals surface area contributed by atoms with Crippen LogP contribution in [0.4, 0.5) is 0 Å². The fraction of sp³-hybridized carbons (Fsp3) is 0.550. The predicted octanol–water partition coefficient (Wildman–Crippen LogP) is 2.37. The van der Waals surface area contributed by atoms with E-state index in [1.807, 2.05) is 0 Å². The molecule has 1 aliphatic rings. The quantitative estimate of drug-likeness (QED) is 0.615. The molecule has 28 heavy (non-hydrogen) atoms. The predicted molar refractivity (Wildman–Crippen MR) is 105 cm³/mol. The standard InChI is InChI=1S/C20H27ClN2O5/c1-3-18(24)23-10-4-5-15(13-23)20(26)28-14-19(25)22(2)11-12-27-17-8-6-16(21)7-9-17/h6-9,15H,3-5,10-14H2,1-2H3. The van der Waals surface area contributed by atoms with Gasteiger partial charge in [-0.15, -0.1) is 0 Å². The van der Waals surface area contributed by atoms with Crippen molar-refractivity contribution in [3.8, 4) is 5.75 Å². The van der Waals surface area contributed by atoms with Gasteiger partial charge in [0.1, 0.15) is 12.4 Å². The molecule has 0 saturated carbocycles. The van der Waals surface area contributed by atoms with E-state index >= 15 is 0 Å². The van der Waals surface area contributed by atoms with Crippen LogP contribution in [0.3, 0.4) is 0 Å². The van der Waals surface area contributed by atoms with Crippen LogP contribution >= 0.6 is 11.6 Å². The van der Waals surface area contributed by atoms with Crippen molar-refractivity contribution in [1.82, 2.24) is 9.80 Å². The molecule has 1 aromatic carbocycles. The lowest BCUT2D eigenvalue weighted by atomic mass is 9.98. The van der Waals surface area contributed by atoms with Gasteiger partial charge in [-0.05, 0) is 37.1 Å². The second kappa shape index (κ2) is 10.9. The van der Waals surface area contributed by atoms with E-state index in [1.54, 1.807) is 43.1 Å². The first-order valence-electron chi connectivity index (χ1n) is 9.47. The lowest BCUT2D eigenvalue weighted by Crippen LogP contribution is -2.43. The van der Waals surface area contributed by atoms with Crippen molar-refractivity contribution in [1.29, 1.82) is 0 Å². The number of hydrogen-bond donors (Lipinski definition) is 0. The number of esters is 1. The lowest BCUT2D eigenvalue weighted by molar-refractivity contribution is -0.157. The number of rotatable bonds is 8. The summed E-state index contributed by atoms with van der Waals surface area (Å²) in [6.07, 6.45) is 1.86. The second-order valence-electron chi connectivity index (χ2n) is 6.76. The van der Waals surface area contributed by atoms with Gasteiger partial charge in [-0.1, -0.05) is 18.5 Å². The van der Waals surface area contributed by atoms with E-state index in [0.29, 0.717) is 49.9 Å². The highest BCUT2D eigenvalue weighted by Gasteiger charge is 2.29. The maximum Gasteiger partial charge on any atom is 0.311 e. The first-order valence-corrected chi connectivity index (χ1v) is 9.85. The van der Waals surface area contributed by atoms with E-state index in [0.717, 1.165) is 6.42 Å². The Morgan fingerprint density at radius 3 is 2.64 bits per heavy atom. The molecule has 0 radical (unpaired) electrons. The lowest BCUT2D eigenvalue weighted by Gasteiger charge is -2.31. The molecule has 0 aromatic heterocycles. The minimum atomic E-state index is -0.423. The highest BCUT2D eigenvalue weighted by atomic mass is 35.5. The molecule has 0 spiro atoms. The summed E-state index contributed by atoms with van der Waals surface area (Å²) in [6.45, 7) is 3.20. The molecule has 1 saturated heterocycles. The van der Waals surface area contributed by atoms with Gasteiger partial charge in [-0.25, -0.2) is 0 Å². The Morgan fingerprint density at radius 1 is 1.25 bits per heavy atom. The van der Waals surface area contributed by atoms with E-state index in [1.165, 1.54) is 4.90 Å². The van der Waals surface area contributed by atoms with E-state index in [-0.39, 0.29) is 24.3 Å². The molecule has 2 amide bonds. The number of nitrogens with zero attached hydrogens (tertiary/aromatic N) is 2. The molecule has 1 fully saturated rings. The van der Waals surface area contributed by atoms with Crippen molar-refractivity contribution in [3.05, 3.63) is 29.3 Å². The maximum atomic E-state index is 12.2. The zero-order valence-electron chi connectivity index (χ0n) is 16.4. The average molecular weight is 411 g/mol. The van der Waals surface area contributed by atoms with Gasteiger partial charge in [0.05, 0.1) is 12.5 Å². The van der Waals surface area contributed by atoms with Crippen LogP contribution in [0.25, 0.3) is 0 Å². The minimum absolute atomic E-state index is 0.0361. The molecule has 7 nitrogen and oxygen atoms in total. The summed E-state index contributed by atoms with van der Waals surface area (Å²) in [7, 11) is 1.63. The molecule has 2 rings (SSSR count). The molecule has 154 valence electrons. The molecular formula is C20H27ClN2O5. The number of ether oxygens (including phenoxy) is 2. The van der Waals surface area contributed by atoms with Crippen molar-refractivity contribution in [2.75, 3.05) is 39.9 Å². The van der Waals surface area contributed by atoms with Crippen molar-refractivity contribution in [2.45, 2.75) is 26.2 Å². The average Bonchev–Trinajstić information content (AvgIpc) is 2.72. The number of benzene rings is 1. The summed E-state index contributed by atoms with van der Waals surface area (Å²) in [5.74, 6) is -0.386. The van der Waals surface area contributed by atoms with Crippen LogP contribution in [-0.4, -0.2) is 67.5 Å². The topological polar surface area (TPSA) is 76.2 Å². The van der Waals surface area contributed by atoms with Gasteiger partial charge in [-0.2, -0.15) is 0 Å². The van der Waals surface area contributed by atoms with E-state index in [9.17, 15) is 14.4 Å². The summed E-state index contributed by atoms with van der Waals surface area (Å²) >= 11 is 5.82. The second-order valence-corrected chi connectivity index (χ2v) is 7.19. The molecule has 1 atom stereocenters. The highest BCUT2D eigenvalue weighted by molar-refractivity contribution is 6.30. The van der Waals surface area contributed by atoms with Crippen molar-refractivity contribution < 1.29 is 23.9 Å². The van der Waals surface area contributed by atoms with E-state index in [2.05, 4.69) is 0 Å². The molecule has 0 N–H and O–H groups in total. The van der Waals surface area contributed by atoms with Gasteiger partial charge in [0.2, 0.25) is 5.91 Å². The molecule has 0 aliphatic carbocycles. The van der Waals surface area contributed by atoms with Gasteiger partial charge in [0.15, 0.2) is 6.61 Å². The SMILES string of the molecule is CCC(=O)N1CCCC(C(=O)OCC(=O)N(C)CCOc2ccc(Cl)cc2)C1. The number of likely N-dealkylation sites (tertiary alicyclic amines) is 1. The Labute approximate surface area is 170 Å². The number of piperidine rings is 1. The van der Waals surface area contributed by atoms with Crippen LogP contribution in [-0.2, 0) is 19.1 Å². The van der Waals surface area contributed by atoms with Crippen LogP contribution in [0.5, 0.6) is 5.75 Å². The van der Waals surface area contributed by atoms with E-state index in [4.69, 9.17) is 21.1 Å². The third kappa shape index (κ3) is 6.71. The summed E-state index contributed by atoms with van der Waals surface area (Å²) in [5.41, 5.74) is 0. The van der Waals surface area contributed by atoms with Gasteiger partial charge in [-0.3, -0.25) is 14.4 Å². The summed E-state index contributed by atoms with van der Waals surface area (Å²) in [4.78, 5) is 39.3. The Bertz CT molecular complexity index is 680. The summed E-state index contributed by atoms with van der Waals surface area (Å²) in [5, 5.41) is 0.626. The monoisotopic (exact) mass is 410 g/mol. The largest absolute Gasteiger partial charge is 0.492 e. The molecule has 1 heterocycles. The van der Waals surface area contributed by atoms with E-state index < -0.39 is 5.97 Å². The Balaban J connectivity index is 1.69. The van der Waals surface area contributed by atoms with Crippen molar-refractivity contribution in [3.63, 3.8) is 0 Å². The molecule has 1 unspecified atom stereocenters. The zero-order valence-corrected chi connectivity index (χ0v) is 17.1. The zero-order chi connectivity index (χ0) is 20.5. The van der Waals surface area contributed by atoms with Gasteiger partial charge >= 0.3 is 5.97 Å². The van der Waals surface area contributed by atoms with Crippen LogP contribution in [0.15, 0.2) is 24.3 Å². The minimum Gasteiger partial charge on any atom is -0.492 e. The number of carbonyl (C=O) groups is 3.